The van der Waals surface area contributed by atoms with Crippen molar-refractivity contribution in [3.63, 3.8) is 0 Å². The molecule has 0 aliphatic carbocycles. The Morgan fingerprint density at radius 3 is 2.23 bits per heavy atom. The average Bonchev–Trinajstić information content (AvgIpc) is 2.29. The lowest BCUT2D eigenvalue weighted by Crippen LogP contribution is -2.38. The highest BCUT2D eigenvalue weighted by Gasteiger charge is 2.35. The van der Waals surface area contributed by atoms with E-state index in [-0.39, 0.29) is 11.3 Å². The summed E-state index contributed by atoms with van der Waals surface area (Å²) in [5.41, 5.74) is -0.239. The summed E-state index contributed by atoms with van der Waals surface area (Å²) in [6.45, 7) is 9.85. The molecular formula is C10H18BrNO. The minimum absolute atomic E-state index is 0.239. The topological polar surface area (TPSA) is 20.3 Å². The lowest BCUT2D eigenvalue weighted by Gasteiger charge is -2.25. The molecule has 1 rings (SSSR count). The van der Waals surface area contributed by atoms with Crippen LogP contribution in [0.4, 0.5) is 0 Å². The number of amides is 1. The zero-order valence-corrected chi connectivity index (χ0v) is 10.4. The van der Waals surface area contributed by atoms with Gasteiger partial charge in [0.25, 0.3) is 0 Å². The highest BCUT2D eigenvalue weighted by molar-refractivity contribution is 9.09. The lowest BCUT2D eigenvalue weighted by molar-refractivity contribution is -0.138. The van der Waals surface area contributed by atoms with E-state index in [1.54, 1.807) is 0 Å². The molecule has 1 saturated heterocycles. The van der Waals surface area contributed by atoms with Crippen LogP contribution in [0, 0.1) is 11.3 Å². The second-order valence-corrected chi connectivity index (χ2v) is 6.13. The van der Waals surface area contributed by atoms with Crippen LogP contribution in [-0.4, -0.2) is 28.7 Å². The molecule has 2 nitrogen and oxygen atoms in total. The van der Waals surface area contributed by atoms with Crippen molar-refractivity contribution in [1.29, 1.82) is 0 Å². The molecular weight excluding hydrogens is 230 g/mol. The van der Waals surface area contributed by atoms with E-state index in [1.165, 1.54) is 0 Å². The summed E-state index contributed by atoms with van der Waals surface area (Å²) in [6, 6.07) is 0. The van der Waals surface area contributed by atoms with Gasteiger partial charge in [-0.05, 0) is 5.92 Å². The molecule has 0 aromatic rings. The van der Waals surface area contributed by atoms with Gasteiger partial charge in [0.2, 0.25) is 5.91 Å². The molecule has 0 radical (unpaired) electrons. The number of alkyl halides is 1. The summed E-state index contributed by atoms with van der Waals surface area (Å²) < 4.78 is 0. The van der Waals surface area contributed by atoms with E-state index in [2.05, 4.69) is 22.9 Å². The normalized spacial score (nSPS) is 29.5. The second kappa shape index (κ2) is 3.60. The number of nitrogens with zero attached hydrogens (tertiary/aromatic N) is 1. The molecule has 76 valence electrons. The SMILES string of the molecule is CC1CN(C(=O)C(C)(C)C)CC1Br. The van der Waals surface area contributed by atoms with Crippen LogP contribution in [0.3, 0.4) is 0 Å². The molecule has 0 aromatic carbocycles. The molecule has 0 aromatic heterocycles. The van der Waals surface area contributed by atoms with Crippen molar-refractivity contribution in [2.75, 3.05) is 13.1 Å². The van der Waals surface area contributed by atoms with Crippen molar-refractivity contribution < 1.29 is 4.79 Å². The molecule has 0 spiro atoms. The first-order valence-electron chi connectivity index (χ1n) is 4.76. The molecule has 1 amide bonds. The summed E-state index contributed by atoms with van der Waals surface area (Å²) in [5.74, 6) is 0.840. The minimum atomic E-state index is -0.239. The van der Waals surface area contributed by atoms with Crippen LogP contribution in [0.2, 0.25) is 0 Å². The molecule has 2 atom stereocenters. The summed E-state index contributed by atoms with van der Waals surface area (Å²) in [6.07, 6.45) is 0. The molecule has 0 bridgehead atoms. The third-order valence-corrected chi connectivity index (χ3v) is 3.64. The minimum Gasteiger partial charge on any atom is -0.341 e. The average molecular weight is 248 g/mol. The maximum absolute atomic E-state index is 11.9. The Balaban J connectivity index is 2.61. The van der Waals surface area contributed by atoms with Crippen molar-refractivity contribution in [3.8, 4) is 0 Å². The Kier molecular flexibility index (Phi) is 3.05. The molecule has 1 heterocycles. The lowest BCUT2D eigenvalue weighted by atomic mass is 9.95. The van der Waals surface area contributed by atoms with Crippen LogP contribution in [0.15, 0.2) is 0 Å². The first kappa shape index (κ1) is 11.0. The van der Waals surface area contributed by atoms with Gasteiger partial charge in [-0.15, -0.1) is 0 Å². The number of hydrogen-bond donors (Lipinski definition) is 0. The van der Waals surface area contributed by atoms with E-state index >= 15 is 0 Å². The number of hydrogen-bond acceptors (Lipinski definition) is 1. The zero-order chi connectivity index (χ0) is 10.2. The van der Waals surface area contributed by atoms with E-state index in [4.69, 9.17) is 0 Å². The zero-order valence-electron chi connectivity index (χ0n) is 8.80. The third kappa shape index (κ3) is 2.46. The molecule has 13 heavy (non-hydrogen) atoms. The van der Waals surface area contributed by atoms with Gasteiger partial charge in [-0.2, -0.15) is 0 Å². The predicted octanol–water partition coefficient (Wildman–Crippen LogP) is 2.27. The van der Waals surface area contributed by atoms with Crippen molar-refractivity contribution >= 4 is 21.8 Å². The van der Waals surface area contributed by atoms with Gasteiger partial charge in [0.15, 0.2) is 0 Å². The Bertz CT molecular complexity index is 199. The Morgan fingerprint density at radius 1 is 1.38 bits per heavy atom. The van der Waals surface area contributed by atoms with Crippen LogP contribution in [0.5, 0.6) is 0 Å². The predicted molar refractivity (Wildman–Crippen MR) is 57.9 cm³/mol. The quantitative estimate of drug-likeness (QED) is 0.602. The van der Waals surface area contributed by atoms with Crippen molar-refractivity contribution in [2.45, 2.75) is 32.5 Å². The van der Waals surface area contributed by atoms with Crippen LogP contribution < -0.4 is 0 Å². The standard InChI is InChI=1S/C10H18BrNO/c1-7-5-12(6-8(7)11)9(13)10(2,3)4/h7-8H,5-6H2,1-4H3. The maximum Gasteiger partial charge on any atom is 0.227 e. The molecule has 1 aliphatic rings. The first-order valence-corrected chi connectivity index (χ1v) is 5.67. The summed E-state index contributed by atoms with van der Waals surface area (Å²) >= 11 is 3.59. The third-order valence-electron chi connectivity index (χ3n) is 2.45. The summed E-state index contributed by atoms with van der Waals surface area (Å²) in [5, 5.41) is 0. The molecule has 3 heteroatoms. The van der Waals surface area contributed by atoms with Gasteiger partial charge < -0.3 is 4.90 Å². The summed E-state index contributed by atoms with van der Waals surface area (Å²) in [7, 11) is 0. The van der Waals surface area contributed by atoms with Gasteiger partial charge in [-0.1, -0.05) is 43.6 Å². The van der Waals surface area contributed by atoms with Gasteiger partial charge in [0.1, 0.15) is 0 Å². The largest absolute Gasteiger partial charge is 0.341 e. The van der Waals surface area contributed by atoms with Gasteiger partial charge in [-0.3, -0.25) is 4.79 Å². The first-order chi connectivity index (χ1) is 5.82. The number of rotatable bonds is 0. The molecule has 0 N–H and O–H groups in total. The Morgan fingerprint density at radius 2 is 1.92 bits per heavy atom. The molecule has 1 fully saturated rings. The maximum atomic E-state index is 11.9. The van der Waals surface area contributed by atoms with Crippen LogP contribution in [-0.2, 0) is 4.79 Å². The van der Waals surface area contributed by atoms with E-state index in [0.717, 1.165) is 13.1 Å². The van der Waals surface area contributed by atoms with E-state index in [0.29, 0.717) is 10.7 Å². The summed E-state index contributed by atoms with van der Waals surface area (Å²) in [4.78, 5) is 14.3. The van der Waals surface area contributed by atoms with Gasteiger partial charge in [0, 0.05) is 23.3 Å². The monoisotopic (exact) mass is 247 g/mol. The number of halogens is 1. The van der Waals surface area contributed by atoms with Crippen molar-refractivity contribution in [2.24, 2.45) is 11.3 Å². The second-order valence-electron chi connectivity index (χ2n) is 4.95. The number of carbonyl (C=O) groups is 1. The molecule has 2 unspecified atom stereocenters. The molecule has 1 aliphatic heterocycles. The smallest absolute Gasteiger partial charge is 0.227 e. The fourth-order valence-electron chi connectivity index (χ4n) is 1.57. The fourth-order valence-corrected chi connectivity index (χ4v) is 2.08. The van der Waals surface area contributed by atoms with Crippen molar-refractivity contribution in [1.82, 2.24) is 4.90 Å². The van der Waals surface area contributed by atoms with E-state index < -0.39 is 0 Å². The van der Waals surface area contributed by atoms with Gasteiger partial charge >= 0.3 is 0 Å². The van der Waals surface area contributed by atoms with Crippen LogP contribution in [0.25, 0.3) is 0 Å². The van der Waals surface area contributed by atoms with Crippen LogP contribution >= 0.6 is 15.9 Å². The number of likely N-dealkylation sites (tertiary alicyclic amines) is 1. The highest BCUT2D eigenvalue weighted by atomic mass is 79.9. The van der Waals surface area contributed by atoms with Gasteiger partial charge in [0.05, 0.1) is 0 Å². The Hall–Kier alpha value is -0.0500. The number of carbonyl (C=O) groups excluding carboxylic acids is 1. The van der Waals surface area contributed by atoms with Gasteiger partial charge in [-0.25, -0.2) is 0 Å². The van der Waals surface area contributed by atoms with Crippen LogP contribution in [0.1, 0.15) is 27.7 Å². The van der Waals surface area contributed by atoms with Crippen molar-refractivity contribution in [3.05, 3.63) is 0 Å². The highest BCUT2D eigenvalue weighted by Crippen LogP contribution is 2.27. The molecule has 0 saturated carbocycles. The Labute approximate surface area is 88.8 Å². The van der Waals surface area contributed by atoms with E-state index in [1.807, 2.05) is 25.7 Å². The van der Waals surface area contributed by atoms with E-state index in [9.17, 15) is 4.79 Å². The fraction of sp³-hybridized carbons (Fsp3) is 0.900.